The molecule has 7 heteroatoms. The largest absolute Gasteiger partial charge is 0.388 e. The molecular weight excluding hydrogens is 226 g/mol. The van der Waals surface area contributed by atoms with E-state index >= 15 is 0 Å². The summed E-state index contributed by atoms with van der Waals surface area (Å²) in [4.78, 5) is 11.1. The lowest BCUT2D eigenvalue weighted by atomic mass is 10.1. The quantitative estimate of drug-likeness (QED) is 0.392. The van der Waals surface area contributed by atoms with Gasteiger partial charge in [0.2, 0.25) is 0 Å². The Morgan fingerprint density at radius 3 is 2.88 bits per heavy atom. The van der Waals surface area contributed by atoms with Gasteiger partial charge in [0.1, 0.15) is 0 Å². The molecule has 2 rings (SSSR count). The van der Waals surface area contributed by atoms with Crippen LogP contribution in [0.1, 0.15) is 19.3 Å². The van der Waals surface area contributed by atoms with Crippen molar-refractivity contribution in [3.63, 3.8) is 0 Å². The molecule has 1 aliphatic carbocycles. The van der Waals surface area contributed by atoms with Crippen molar-refractivity contribution in [1.82, 2.24) is 14.8 Å². The van der Waals surface area contributed by atoms with Crippen LogP contribution in [-0.2, 0) is 7.05 Å². The molecule has 88 valence electrons. The summed E-state index contributed by atoms with van der Waals surface area (Å²) < 4.78 is 1.49. The Morgan fingerprint density at radius 1 is 1.75 bits per heavy atom. The second-order valence-corrected chi connectivity index (χ2v) is 5.30. The molecule has 16 heavy (non-hydrogen) atoms. The van der Waals surface area contributed by atoms with Crippen molar-refractivity contribution >= 4 is 17.6 Å². The van der Waals surface area contributed by atoms with Crippen LogP contribution in [0.15, 0.2) is 9.95 Å². The van der Waals surface area contributed by atoms with Crippen molar-refractivity contribution in [2.45, 2.75) is 24.4 Å². The zero-order valence-electron chi connectivity index (χ0n) is 9.12. The predicted molar refractivity (Wildman–Crippen MR) is 62.8 cm³/mol. The topological polar surface area (TPSA) is 101 Å². The van der Waals surface area contributed by atoms with Gasteiger partial charge >= 0.3 is 5.69 Å². The Bertz CT molecular complexity index is 459. The van der Waals surface area contributed by atoms with Gasteiger partial charge in [-0.15, -0.1) is 5.10 Å². The van der Waals surface area contributed by atoms with E-state index in [0.717, 1.165) is 18.6 Å². The van der Waals surface area contributed by atoms with Gasteiger partial charge in [-0.1, -0.05) is 11.8 Å². The SMILES string of the molecule is Cn1c(SCC2(CC(=N)N)CC2)n[nH]c1=O. The first-order chi connectivity index (χ1) is 7.52. The molecule has 1 aromatic heterocycles. The molecule has 0 bridgehead atoms. The highest BCUT2D eigenvalue weighted by molar-refractivity contribution is 7.99. The minimum absolute atomic E-state index is 0.172. The zero-order chi connectivity index (χ0) is 11.8. The van der Waals surface area contributed by atoms with Crippen molar-refractivity contribution in [1.29, 1.82) is 5.41 Å². The van der Waals surface area contributed by atoms with Gasteiger partial charge in [0.05, 0.1) is 5.84 Å². The summed E-state index contributed by atoms with van der Waals surface area (Å²) in [5.74, 6) is 1.11. The number of aromatic nitrogens is 3. The molecule has 0 aliphatic heterocycles. The number of hydrogen-bond donors (Lipinski definition) is 3. The normalized spacial score (nSPS) is 17.3. The molecule has 6 nitrogen and oxygen atoms in total. The number of H-pyrrole nitrogens is 1. The number of nitrogens with two attached hydrogens (primary N) is 1. The Balaban J connectivity index is 1.95. The van der Waals surface area contributed by atoms with Crippen LogP contribution in [0.4, 0.5) is 0 Å². The maximum Gasteiger partial charge on any atom is 0.343 e. The van der Waals surface area contributed by atoms with Crippen molar-refractivity contribution in [3.8, 4) is 0 Å². The summed E-state index contributed by atoms with van der Waals surface area (Å²) in [6.07, 6.45) is 2.87. The summed E-state index contributed by atoms with van der Waals surface area (Å²) in [7, 11) is 1.69. The molecule has 1 fully saturated rings. The third kappa shape index (κ3) is 2.29. The van der Waals surface area contributed by atoms with E-state index in [2.05, 4.69) is 10.2 Å². The number of thioether (sulfide) groups is 1. The molecule has 0 spiro atoms. The van der Waals surface area contributed by atoms with Crippen LogP contribution in [0.5, 0.6) is 0 Å². The van der Waals surface area contributed by atoms with Crippen molar-refractivity contribution in [3.05, 3.63) is 10.5 Å². The van der Waals surface area contributed by atoms with Gasteiger partial charge in [0.25, 0.3) is 0 Å². The molecule has 1 heterocycles. The van der Waals surface area contributed by atoms with E-state index in [0.29, 0.717) is 11.6 Å². The number of hydrogen-bond acceptors (Lipinski definition) is 4. The zero-order valence-corrected chi connectivity index (χ0v) is 9.93. The van der Waals surface area contributed by atoms with Gasteiger partial charge in [0.15, 0.2) is 5.16 Å². The number of nitrogens with one attached hydrogen (secondary N) is 2. The van der Waals surface area contributed by atoms with Crippen LogP contribution in [0, 0.1) is 10.8 Å². The fourth-order valence-corrected chi connectivity index (χ4v) is 2.84. The van der Waals surface area contributed by atoms with Crippen LogP contribution < -0.4 is 11.4 Å². The Kier molecular flexibility index (Phi) is 2.79. The van der Waals surface area contributed by atoms with Crippen molar-refractivity contribution in [2.24, 2.45) is 18.2 Å². The first-order valence-electron chi connectivity index (χ1n) is 5.10. The van der Waals surface area contributed by atoms with Gasteiger partial charge in [0, 0.05) is 19.2 Å². The summed E-state index contributed by atoms with van der Waals surface area (Å²) in [6.45, 7) is 0. The summed E-state index contributed by atoms with van der Waals surface area (Å²) in [5.41, 5.74) is 5.40. The molecule has 1 aliphatic rings. The van der Waals surface area contributed by atoms with E-state index in [-0.39, 0.29) is 16.9 Å². The minimum atomic E-state index is -0.195. The molecule has 1 aromatic rings. The fraction of sp³-hybridized carbons (Fsp3) is 0.667. The second-order valence-electron chi connectivity index (χ2n) is 4.36. The molecule has 0 amide bonds. The Hall–Kier alpha value is -1.24. The molecule has 0 atom stereocenters. The van der Waals surface area contributed by atoms with E-state index in [4.69, 9.17) is 11.1 Å². The molecule has 1 saturated carbocycles. The first kappa shape index (κ1) is 11.3. The van der Waals surface area contributed by atoms with E-state index in [1.54, 1.807) is 18.8 Å². The van der Waals surface area contributed by atoms with Gasteiger partial charge in [-0.25, -0.2) is 9.89 Å². The summed E-state index contributed by atoms with van der Waals surface area (Å²) >= 11 is 1.55. The van der Waals surface area contributed by atoms with Crippen LogP contribution in [0.25, 0.3) is 0 Å². The lowest BCUT2D eigenvalue weighted by molar-refractivity contribution is 0.609. The molecule has 0 radical (unpaired) electrons. The lowest BCUT2D eigenvalue weighted by Crippen LogP contribution is -2.18. The first-order valence-corrected chi connectivity index (χ1v) is 6.08. The van der Waals surface area contributed by atoms with E-state index < -0.39 is 0 Å². The predicted octanol–water partition coefficient (Wildman–Crippen LogP) is 0.307. The number of rotatable bonds is 5. The van der Waals surface area contributed by atoms with Crippen LogP contribution >= 0.6 is 11.8 Å². The lowest BCUT2D eigenvalue weighted by Gasteiger charge is -2.12. The number of nitrogens with zero attached hydrogens (tertiary/aromatic N) is 2. The van der Waals surface area contributed by atoms with E-state index in [1.807, 2.05) is 0 Å². The second kappa shape index (κ2) is 3.97. The Morgan fingerprint density at radius 2 is 2.44 bits per heavy atom. The molecule has 0 saturated heterocycles. The van der Waals surface area contributed by atoms with Crippen LogP contribution in [0.3, 0.4) is 0 Å². The summed E-state index contributed by atoms with van der Waals surface area (Å²) in [6, 6.07) is 0. The van der Waals surface area contributed by atoms with Gasteiger partial charge in [-0.05, 0) is 18.3 Å². The van der Waals surface area contributed by atoms with Crippen LogP contribution in [0.2, 0.25) is 0 Å². The molecular formula is C9H15N5OS. The third-order valence-electron chi connectivity index (χ3n) is 2.87. The van der Waals surface area contributed by atoms with E-state index in [9.17, 15) is 4.79 Å². The third-order valence-corrected chi connectivity index (χ3v) is 4.25. The highest BCUT2D eigenvalue weighted by Gasteiger charge is 2.43. The smallest absolute Gasteiger partial charge is 0.343 e. The monoisotopic (exact) mass is 241 g/mol. The highest BCUT2D eigenvalue weighted by atomic mass is 32.2. The number of aromatic amines is 1. The van der Waals surface area contributed by atoms with Gasteiger partial charge in [-0.2, -0.15) is 0 Å². The fourth-order valence-electron chi connectivity index (χ4n) is 1.63. The van der Waals surface area contributed by atoms with Crippen molar-refractivity contribution < 1.29 is 0 Å². The van der Waals surface area contributed by atoms with Gasteiger partial charge in [-0.3, -0.25) is 9.98 Å². The van der Waals surface area contributed by atoms with Gasteiger partial charge < -0.3 is 5.73 Å². The molecule has 0 unspecified atom stereocenters. The standard InChI is InChI=1S/C9H15N5OS/c1-14-7(15)12-13-8(14)16-5-9(2-3-9)4-6(10)11/h2-5H2,1H3,(H3,10,11)(H,12,15). The summed E-state index contributed by atoms with van der Waals surface area (Å²) in [5, 5.41) is 14.3. The average molecular weight is 241 g/mol. The molecule has 4 N–H and O–H groups in total. The Labute approximate surface area is 97.1 Å². The maximum atomic E-state index is 11.1. The molecule has 0 aromatic carbocycles. The number of amidine groups is 1. The van der Waals surface area contributed by atoms with Crippen molar-refractivity contribution in [2.75, 3.05) is 5.75 Å². The van der Waals surface area contributed by atoms with Crippen LogP contribution in [-0.4, -0.2) is 26.4 Å². The minimum Gasteiger partial charge on any atom is -0.388 e. The van der Waals surface area contributed by atoms with E-state index in [1.165, 1.54) is 4.57 Å². The maximum absolute atomic E-state index is 11.1. The average Bonchev–Trinajstić information content (AvgIpc) is 2.88. The highest BCUT2D eigenvalue weighted by Crippen LogP contribution is 2.51.